The molecule has 5 N–H and O–H groups in total. The number of H-pyrrole nitrogens is 1. The van der Waals surface area contributed by atoms with E-state index in [9.17, 15) is 4.79 Å². The maximum absolute atomic E-state index is 12.3. The van der Waals surface area contributed by atoms with Crippen molar-refractivity contribution in [1.29, 1.82) is 0 Å². The minimum atomic E-state index is -0.660. The van der Waals surface area contributed by atoms with Gasteiger partial charge in [0.05, 0.1) is 21.1 Å². The minimum Gasteiger partial charge on any atom is -0.364 e. The predicted octanol–water partition coefficient (Wildman–Crippen LogP) is 3.13. The number of carbonyl (C=O) groups is 1. The Morgan fingerprint density at radius 2 is 1.93 bits per heavy atom. The van der Waals surface area contributed by atoms with Crippen LogP contribution in [-0.4, -0.2) is 44.7 Å². The smallest absolute Gasteiger partial charge is 0.268 e. The number of amides is 1. The van der Waals surface area contributed by atoms with E-state index in [-0.39, 0.29) is 11.2 Å². The van der Waals surface area contributed by atoms with Crippen LogP contribution in [0.2, 0.25) is 10.0 Å². The van der Waals surface area contributed by atoms with Gasteiger partial charge in [0.1, 0.15) is 5.69 Å². The fourth-order valence-electron chi connectivity index (χ4n) is 4.31. The molecule has 5 rings (SSSR count). The zero-order valence-electron chi connectivity index (χ0n) is 16.2. The third-order valence-corrected chi connectivity index (χ3v) is 7.04. The summed E-state index contributed by atoms with van der Waals surface area (Å²) < 4.78 is 0. The Hall–Kier alpha value is -2.42. The Bertz CT molecular complexity index is 1150. The lowest BCUT2D eigenvalue weighted by molar-refractivity contribution is 0.0997. The average molecular weight is 446 g/mol. The molecule has 1 saturated carbocycles. The molecule has 0 atom stereocenters. The van der Waals surface area contributed by atoms with E-state index >= 15 is 0 Å². The summed E-state index contributed by atoms with van der Waals surface area (Å²) in [5.74, 6) is 0.401. The molecule has 0 bridgehead atoms. The third kappa shape index (κ3) is 3.19. The molecule has 30 heavy (non-hydrogen) atoms. The molecule has 1 saturated heterocycles. The second kappa shape index (κ2) is 7.08. The zero-order chi connectivity index (χ0) is 21.0. The lowest BCUT2D eigenvalue weighted by Crippen LogP contribution is -2.52. The molecule has 2 aromatic heterocycles. The van der Waals surface area contributed by atoms with Crippen molar-refractivity contribution < 1.29 is 4.79 Å². The number of nitrogens with one attached hydrogen (secondary N) is 1. The van der Waals surface area contributed by atoms with E-state index in [1.807, 2.05) is 4.90 Å². The second-order valence-electron chi connectivity index (χ2n) is 8.13. The number of hydrogen-bond acceptors (Lipinski definition) is 6. The van der Waals surface area contributed by atoms with Gasteiger partial charge >= 0.3 is 0 Å². The van der Waals surface area contributed by atoms with Crippen molar-refractivity contribution in [3.63, 3.8) is 0 Å². The first kappa shape index (κ1) is 19.5. The van der Waals surface area contributed by atoms with Crippen LogP contribution < -0.4 is 16.4 Å². The molecule has 2 fully saturated rings. The van der Waals surface area contributed by atoms with E-state index in [2.05, 4.69) is 20.2 Å². The Morgan fingerprint density at radius 1 is 1.20 bits per heavy atom. The highest BCUT2D eigenvalue weighted by Crippen LogP contribution is 2.44. The highest BCUT2D eigenvalue weighted by molar-refractivity contribution is 6.43. The molecule has 10 heteroatoms. The number of primary amides is 1. The average Bonchev–Trinajstić information content (AvgIpc) is 3.51. The molecule has 2 aliphatic rings. The van der Waals surface area contributed by atoms with E-state index < -0.39 is 5.91 Å². The predicted molar refractivity (Wildman–Crippen MR) is 117 cm³/mol. The Kier molecular flexibility index (Phi) is 4.61. The lowest BCUT2D eigenvalue weighted by Gasteiger charge is -2.39. The van der Waals surface area contributed by atoms with Gasteiger partial charge in [-0.25, -0.2) is 4.98 Å². The van der Waals surface area contributed by atoms with Gasteiger partial charge in [0.25, 0.3) is 5.91 Å². The molecule has 3 heterocycles. The normalized spacial score (nSPS) is 18.7. The number of nitrogens with two attached hydrogens (primary N) is 2. The quantitative estimate of drug-likeness (QED) is 0.565. The van der Waals surface area contributed by atoms with Gasteiger partial charge in [-0.1, -0.05) is 35.3 Å². The van der Waals surface area contributed by atoms with Gasteiger partial charge in [0.2, 0.25) is 5.95 Å². The van der Waals surface area contributed by atoms with Crippen LogP contribution in [0, 0.1) is 5.92 Å². The van der Waals surface area contributed by atoms with Crippen LogP contribution in [0.15, 0.2) is 18.2 Å². The molecule has 1 amide bonds. The summed E-state index contributed by atoms with van der Waals surface area (Å²) in [6.07, 6.45) is 4.17. The number of halogens is 2. The van der Waals surface area contributed by atoms with Crippen LogP contribution in [0.1, 0.15) is 36.2 Å². The summed E-state index contributed by atoms with van der Waals surface area (Å²) in [7, 11) is 0. The lowest BCUT2D eigenvalue weighted by atomic mass is 9.84. The van der Waals surface area contributed by atoms with Crippen LogP contribution in [0.3, 0.4) is 0 Å². The number of aromatic nitrogens is 4. The minimum absolute atomic E-state index is 0.0987. The Balaban J connectivity index is 1.55. The van der Waals surface area contributed by atoms with Crippen LogP contribution in [0.5, 0.6) is 0 Å². The van der Waals surface area contributed by atoms with Crippen molar-refractivity contribution in [2.24, 2.45) is 17.4 Å². The second-order valence-corrected chi connectivity index (χ2v) is 8.91. The fourth-order valence-corrected chi connectivity index (χ4v) is 4.71. The highest BCUT2D eigenvalue weighted by atomic mass is 35.5. The maximum atomic E-state index is 12.3. The number of nitrogens with zero attached hydrogens (tertiary/aromatic N) is 4. The highest BCUT2D eigenvalue weighted by Gasteiger charge is 2.44. The molecular weight excluding hydrogens is 425 g/mol. The largest absolute Gasteiger partial charge is 0.364 e. The first-order chi connectivity index (χ1) is 14.4. The SMILES string of the molecule is NC(=O)c1nc(N2CCC(N)(C3CC3)CC2)nc2n[nH]c(-c3cccc(Cl)c3Cl)c12. The molecule has 1 aromatic carbocycles. The maximum Gasteiger partial charge on any atom is 0.268 e. The summed E-state index contributed by atoms with van der Waals surface area (Å²) in [6.45, 7) is 1.46. The van der Waals surface area contributed by atoms with Gasteiger partial charge in [-0.15, -0.1) is 0 Å². The molecule has 3 aromatic rings. The van der Waals surface area contributed by atoms with Crippen molar-refractivity contribution in [3.05, 3.63) is 33.9 Å². The van der Waals surface area contributed by atoms with Gasteiger partial charge in [-0.2, -0.15) is 10.1 Å². The first-order valence-electron chi connectivity index (χ1n) is 9.91. The Labute approximate surface area is 182 Å². The molecule has 0 unspecified atom stereocenters. The number of fused-ring (bicyclic) bond motifs is 1. The number of piperidine rings is 1. The number of hydrogen-bond donors (Lipinski definition) is 3. The van der Waals surface area contributed by atoms with Crippen LogP contribution in [0.4, 0.5) is 5.95 Å². The Morgan fingerprint density at radius 3 is 2.60 bits per heavy atom. The molecule has 0 radical (unpaired) electrons. The van der Waals surface area contributed by atoms with E-state index in [4.69, 9.17) is 34.7 Å². The summed E-state index contributed by atoms with van der Waals surface area (Å²) in [4.78, 5) is 23.4. The number of anilines is 1. The van der Waals surface area contributed by atoms with Crippen LogP contribution in [0.25, 0.3) is 22.3 Å². The van der Waals surface area contributed by atoms with Gasteiger partial charge < -0.3 is 16.4 Å². The zero-order valence-corrected chi connectivity index (χ0v) is 17.7. The number of rotatable bonds is 4. The number of carbonyl (C=O) groups excluding carboxylic acids is 1. The molecule has 8 nitrogen and oxygen atoms in total. The van der Waals surface area contributed by atoms with Crippen LogP contribution >= 0.6 is 23.2 Å². The topological polar surface area (TPSA) is 127 Å². The summed E-state index contributed by atoms with van der Waals surface area (Å²) in [6, 6.07) is 5.23. The molecule has 0 spiro atoms. The third-order valence-electron chi connectivity index (χ3n) is 6.22. The number of benzene rings is 1. The fraction of sp³-hybridized carbons (Fsp3) is 0.400. The van der Waals surface area contributed by atoms with Crippen molar-refractivity contribution in [3.8, 4) is 11.3 Å². The summed E-state index contributed by atoms with van der Waals surface area (Å²) >= 11 is 12.5. The molecule has 156 valence electrons. The van der Waals surface area contributed by atoms with Gasteiger partial charge in [-0.05, 0) is 37.7 Å². The van der Waals surface area contributed by atoms with Crippen molar-refractivity contribution in [2.75, 3.05) is 18.0 Å². The monoisotopic (exact) mass is 445 g/mol. The van der Waals surface area contributed by atoms with Crippen molar-refractivity contribution in [2.45, 2.75) is 31.2 Å². The first-order valence-corrected chi connectivity index (χ1v) is 10.7. The van der Waals surface area contributed by atoms with Gasteiger partial charge in [0, 0.05) is 24.2 Å². The van der Waals surface area contributed by atoms with Crippen LogP contribution in [-0.2, 0) is 0 Å². The summed E-state index contributed by atoms with van der Waals surface area (Å²) in [5.41, 5.74) is 13.7. The number of aromatic amines is 1. The van der Waals surface area contributed by atoms with E-state index in [1.165, 1.54) is 12.8 Å². The van der Waals surface area contributed by atoms with E-state index in [0.29, 0.717) is 44.2 Å². The van der Waals surface area contributed by atoms with Gasteiger partial charge in [0.15, 0.2) is 5.65 Å². The van der Waals surface area contributed by atoms with Gasteiger partial charge in [-0.3, -0.25) is 9.89 Å². The standard InChI is InChI=1S/C20H21Cl2N7O/c21-12-3-1-2-11(14(12)22)15-13-16(17(23)30)25-19(26-18(13)28-27-15)29-8-6-20(24,7-9-29)10-4-5-10/h1-3,10H,4-9,24H2,(H2,23,30)(H,25,26,27,28). The molecule has 1 aliphatic carbocycles. The molecule has 1 aliphatic heterocycles. The van der Waals surface area contributed by atoms with E-state index in [0.717, 1.165) is 25.9 Å². The van der Waals surface area contributed by atoms with E-state index in [1.54, 1.807) is 18.2 Å². The molecular formula is C20H21Cl2N7O. The van der Waals surface area contributed by atoms with Crippen molar-refractivity contribution >= 4 is 46.1 Å². The summed E-state index contributed by atoms with van der Waals surface area (Å²) in [5, 5.41) is 8.38. The van der Waals surface area contributed by atoms with Crippen molar-refractivity contribution in [1.82, 2.24) is 20.2 Å².